The van der Waals surface area contributed by atoms with Crippen LogP contribution < -0.4 is 0 Å². The summed E-state index contributed by atoms with van der Waals surface area (Å²) in [4.78, 5) is 13.6. The van der Waals surface area contributed by atoms with Gasteiger partial charge in [0, 0.05) is 0 Å². The highest BCUT2D eigenvalue weighted by atomic mass is 16.5. The minimum absolute atomic E-state index is 0.0836. The summed E-state index contributed by atoms with van der Waals surface area (Å²) in [6, 6.07) is 0. The van der Waals surface area contributed by atoms with Crippen LogP contribution in [0.25, 0.3) is 0 Å². The maximum absolute atomic E-state index is 11.7. The Morgan fingerprint density at radius 3 is 2.53 bits per heavy atom. The Morgan fingerprint density at radius 2 is 2.00 bits per heavy atom. The second-order valence-electron chi connectivity index (χ2n) is 6.09. The molecule has 3 heteroatoms. The predicted molar refractivity (Wildman–Crippen MR) is 69.8 cm³/mol. The van der Waals surface area contributed by atoms with Gasteiger partial charge in [-0.05, 0) is 44.7 Å². The van der Waals surface area contributed by atoms with Crippen molar-refractivity contribution in [3.8, 4) is 0 Å². The van der Waals surface area contributed by atoms with Crippen molar-refractivity contribution in [3.63, 3.8) is 0 Å². The van der Waals surface area contributed by atoms with Crippen LogP contribution in [-0.4, -0.2) is 37.6 Å². The highest BCUT2D eigenvalue weighted by Crippen LogP contribution is 2.35. The van der Waals surface area contributed by atoms with Gasteiger partial charge in [-0.25, -0.2) is 0 Å². The zero-order valence-electron chi connectivity index (χ0n) is 11.9. The maximum Gasteiger partial charge on any atom is 0.320 e. The molecule has 0 unspecified atom stereocenters. The van der Waals surface area contributed by atoms with Gasteiger partial charge in [0.2, 0.25) is 0 Å². The van der Waals surface area contributed by atoms with Crippen LogP contribution in [0.15, 0.2) is 0 Å². The Morgan fingerprint density at radius 1 is 1.35 bits per heavy atom. The average molecular weight is 241 g/mol. The molecule has 0 aromatic rings. The van der Waals surface area contributed by atoms with Crippen molar-refractivity contribution >= 4 is 5.97 Å². The normalized spacial score (nSPS) is 29.7. The molecule has 0 amide bonds. The summed E-state index contributed by atoms with van der Waals surface area (Å²) >= 11 is 0. The van der Waals surface area contributed by atoms with Gasteiger partial charge in [0.1, 0.15) is 6.10 Å². The Hall–Kier alpha value is -0.570. The predicted octanol–water partition coefficient (Wildman–Crippen LogP) is 2.55. The lowest BCUT2D eigenvalue weighted by atomic mass is 9.75. The summed E-state index contributed by atoms with van der Waals surface area (Å²) in [5.41, 5.74) is 0. The fourth-order valence-electron chi connectivity index (χ4n) is 2.71. The van der Waals surface area contributed by atoms with Crippen LogP contribution in [0.3, 0.4) is 0 Å². The maximum atomic E-state index is 11.7. The lowest BCUT2D eigenvalue weighted by molar-refractivity contribution is -0.156. The highest BCUT2D eigenvalue weighted by molar-refractivity contribution is 5.71. The summed E-state index contributed by atoms with van der Waals surface area (Å²) in [7, 11) is 3.79. The number of ether oxygens (including phenoxy) is 1. The van der Waals surface area contributed by atoms with E-state index >= 15 is 0 Å². The topological polar surface area (TPSA) is 29.5 Å². The number of hydrogen-bond acceptors (Lipinski definition) is 3. The molecule has 1 aliphatic rings. The third kappa shape index (κ3) is 4.66. The quantitative estimate of drug-likeness (QED) is 0.708. The average Bonchev–Trinajstić information content (AvgIpc) is 2.15. The summed E-state index contributed by atoms with van der Waals surface area (Å²) in [5.74, 6) is 1.74. The van der Waals surface area contributed by atoms with Gasteiger partial charge < -0.3 is 4.74 Å². The molecule has 3 atom stereocenters. The summed E-state index contributed by atoms with van der Waals surface area (Å²) < 4.78 is 5.67. The number of carbonyl (C=O) groups is 1. The Labute approximate surface area is 106 Å². The fourth-order valence-corrected chi connectivity index (χ4v) is 2.71. The van der Waals surface area contributed by atoms with Gasteiger partial charge in [-0.1, -0.05) is 27.2 Å². The molecule has 0 aromatic heterocycles. The molecule has 1 rings (SSSR count). The van der Waals surface area contributed by atoms with Crippen molar-refractivity contribution in [2.45, 2.75) is 46.1 Å². The summed E-state index contributed by atoms with van der Waals surface area (Å²) in [6.07, 6.45) is 3.62. The smallest absolute Gasteiger partial charge is 0.320 e. The van der Waals surface area contributed by atoms with Gasteiger partial charge in [-0.3, -0.25) is 9.69 Å². The lowest BCUT2D eigenvalue weighted by Gasteiger charge is -2.36. The van der Waals surface area contributed by atoms with E-state index in [0.29, 0.717) is 24.3 Å². The van der Waals surface area contributed by atoms with E-state index in [-0.39, 0.29) is 12.1 Å². The standard InChI is InChI=1S/C14H27NO2/c1-10(2)12-7-6-11(3)8-13(12)17-14(16)9-15(4)5/h10-13H,6-9H2,1-5H3/t11-,12+,13-/m1/s1. The number of hydrogen-bond donors (Lipinski definition) is 0. The zero-order chi connectivity index (χ0) is 13.0. The molecule has 3 nitrogen and oxygen atoms in total. The van der Waals surface area contributed by atoms with Crippen LogP contribution in [0.5, 0.6) is 0 Å². The van der Waals surface area contributed by atoms with Crippen LogP contribution in [0.4, 0.5) is 0 Å². The molecule has 100 valence electrons. The molecule has 1 aliphatic carbocycles. The van der Waals surface area contributed by atoms with Crippen molar-refractivity contribution in [1.29, 1.82) is 0 Å². The molecule has 0 bridgehead atoms. The van der Waals surface area contributed by atoms with E-state index in [2.05, 4.69) is 20.8 Å². The first-order chi connectivity index (χ1) is 7.90. The van der Waals surface area contributed by atoms with Gasteiger partial charge >= 0.3 is 5.97 Å². The molecular formula is C14H27NO2. The number of nitrogens with zero attached hydrogens (tertiary/aromatic N) is 1. The van der Waals surface area contributed by atoms with Crippen molar-refractivity contribution in [2.24, 2.45) is 17.8 Å². The number of likely N-dealkylation sites (N-methyl/N-ethyl adjacent to an activating group) is 1. The Kier molecular flexibility index (Phi) is 5.44. The molecule has 0 saturated heterocycles. The van der Waals surface area contributed by atoms with E-state index in [4.69, 9.17) is 4.74 Å². The molecule has 17 heavy (non-hydrogen) atoms. The van der Waals surface area contributed by atoms with Gasteiger partial charge in [-0.2, -0.15) is 0 Å². The lowest BCUT2D eigenvalue weighted by Crippen LogP contribution is -2.37. The second kappa shape index (κ2) is 6.39. The zero-order valence-corrected chi connectivity index (χ0v) is 11.9. The molecule has 0 aliphatic heterocycles. The fraction of sp³-hybridized carbons (Fsp3) is 0.929. The minimum atomic E-state index is -0.0836. The van der Waals surface area contributed by atoms with Gasteiger partial charge in [0.15, 0.2) is 0 Å². The monoisotopic (exact) mass is 241 g/mol. The number of carbonyl (C=O) groups excluding carboxylic acids is 1. The molecule has 0 spiro atoms. The van der Waals surface area contributed by atoms with Crippen LogP contribution in [0, 0.1) is 17.8 Å². The van der Waals surface area contributed by atoms with Crippen LogP contribution >= 0.6 is 0 Å². The third-order valence-electron chi connectivity index (χ3n) is 3.69. The SMILES string of the molecule is CC(C)[C@@H]1CC[C@@H](C)C[C@H]1OC(=O)CN(C)C. The summed E-state index contributed by atoms with van der Waals surface area (Å²) in [5, 5.41) is 0. The van der Waals surface area contributed by atoms with E-state index in [1.807, 2.05) is 19.0 Å². The van der Waals surface area contributed by atoms with Crippen LogP contribution in [-0.2, 0) is 9.53 Å². The van der Waals surface area contributed by atoms with E-state index in [0.717, 1.165) is 6.42 Å². The van der Waals surface area contributed by atoms with Crippen LogP contribution in [0.1, 0.15) is 40.0 Å². The van der Waals surface area contributed by atoms with E-state index in [1.165, 1.54) is 12.8 Å². The van der Waals surface area contributed by atoms with E-state index < -0.39 is 0 Å². The van der Waals surface area contributed by atoms with E-state index in [9.17, 15) is 4.79 Å². The largest absolute Gasteiger partial charge is 0.461 e. The molecule has 0 heterocycles. The first-order valence-corrected chi connectivity index (χ1v) is 6.74. The molecular weight excluding hydrogens is 214 g/mol. The first kappa shape index (κ1) is 14.5. The Balaban J connectivity index is 2.54. The van der Waals surface area contributed by atoms with Crippen molar-refractivity contribution in [3.05, 3.63) is 0 Å². The second-order valence-corrected chi connectivity index (χ2v) is 6.09. The van der Waals surface area contributed by atoms with Crippen LogP contribution in [0.2, 0.25) is 0 Å². The molecule has 0 radical (unpaired) electrons. The highest BCUT2D eigenvalue weighted by Gasteiger charge is 2.33. The molecule has 1 fully saturated rings. The van der Waals surface area contributed by atoms with Gasteiger partial charge in [0.25, 0.3) is 0 Å². The van der Waals surface area contributed by atoms with E-state index in [1.54, 1.807) is 0 Å². The molecule has 0 aromatic carbocycles. The summed E-state index contributed by atoms with van der Waals surface area (Å²) in [6.45, 7) is 7.10. The Bertz CT molecular complexity index is 251. The van der Waals surface area contributed by atoms with Crippen molar-refractivity contribution in [2.75, 3.05) is 20.6 Å². The van der Waals surface area contributed by atoms with Crippen molar-refractivity contribution < 1.29 is 9.53 Å². The first-order valence-electron chi connectivity index (χ1n) is 6.74. The minimum Gasteiger partial charge on any atom is -0.461 e. The van der Waals surface area contributed by atoms with Crippen molar-refractivity contribution in [1.82, 2.24) is 4.90 Å². The number of rotatable bonds is 4. The third-order valence-corrected chi connectivity index (χ3v) is 3.69. The molecule has 0 N–H and O–H groups in total. The van der Waals surface area contributed by atoms with Gasteiger partial charge in [-0.15, -0.1) is 0 Å². The number of esters is 1. The van der Waals surface area contributed by atoms with Gasteiger partial charge in [0.05, 0.1) is 6.54 Å². The molecule has 1 saturated carbocycles.